The van der Waals surface area contributed by atoms with Crippen LogP contribution in [-0.4, -0.2) is 52.6 Å². The number of carbonyl (C=O) groups excluding carboxylic acids is 1. The maximum Gasteiger partial charge on any atom is 0.410 e. The molecule has 8 nitrogen and oxygen atoms in total. The Bertz CT molecular complexity index is 868. The van der Waals surface area contributed by atoms with Crippen LogP contribution in [0.3, 0.4) is 0 Å². The fraction of sp³-hybridized carbons (Fsp3) is 0.562. The van der Waals surface area contributed by atoms with Gasteiger partial charge in [-0.15, -0.1) is 0 Å². The Kier molecular flexibility index (Phi) is 5.69. The van der Waals surface area contributed by atoms with E-state index in [9.17, 15) is 21.6 Å². The van der Waals surface area contributed by atoms with Crippen molar-refractivity contribution in [1.82, 2.24) is 4.90 Å². The molecule has 0 aliphatic carbocycles. The molecule has 10 heteroatoms. The zero-order chi connectivity index (χ0) is 19.8. The normalized spacial score (nSPS) is 18.8. The van der Waals surface area contributed by atoms with Crippen molar-refractivity contribution in [3.63, 3.8) is 0 Å². The molecule has 1 fully saturated rings. The minimum absolute atomic E-state index is 0.0580. The average molecular weight is 405 g/mol. The minimum Gasteiger partial charge on any atom is -0.444 e. The van der Waals surface area contributed by atoms with Crippen molar-refractivity contribution in [3.05, 3.63) is 29.8 Å². The number of hydrogen-bond acceptors (Lipinski definition) is 7. The van der Waals surface area contributed by atoms with Gasteiger partial charge in [0.05, 0.1) is 17.5 Å². The Balaban J connectivity index is 2.08. The van der Waals surface area contributed by atoms with Crippen LogP contribution in [0.25, 0.3) is 0 Å². The highest BCUT2D eigenvalue weighted by molar-refractivity contribution is 8.65. The van der Waals surface area contributed by atoms with Crippen molar-refractivity contribution in [2.75, 3.05) is 13.1 Å². The Labute approximate surface area is 153 Å². The number of ether oxygens (including phenoxy) is 1. The Morgan fingerprint density at radius 3 is 2.23 bits per heavy atom. The number of amides is 1. The van der Waals surface area contributed by atoms with Gasteiger partial charge >= 0.3 is 24.1 Å². The Morgan fingerprint density at radius 2 is 1.69 bits per heavy atom. The van der Waals surface area contributed by atoms with Crippen molar-refractivity contribution < 1.29 is 30.6 Å². The minimum atomic E-state index is -4.90. The van der Waals surface area contributed by atoms with Crippen molar-refractivity contribution in [1.29, 1.82) is 0 Å². The largest absolute Gasteiger partial charge is 0.444 e. The molecule has 1 heterocycles. The first-order valence-corrected chi connectivity index (χ1v) is 11.5. The molecule has 1 aromatic carbocycles. The van der Waals surface area contributed by atoms with Gasteiger partial charge in [-0.05, 0) is 46.2 Å². The first kappa shape index (κ1) is 20.7. The smallest absolute Gasteiger partial charge is 0.410 e. The Hall–Kier alpha value is -1.65. The number of rotatable bonds is 4. The number of aryl methyl sites for hydroxylation is 1. The van der Waals surface area contributed by atoms with Crippen LogP contribution in [0.2, 0.25) is 0 Å². The predicted octanol–water partition coefficient (Wildman–Crippen LogP) is 2.04. The van der Waals surface area contributed by atoms with Gasteiger partial charge in [0.15, 0.2) is 0 Å². The number of nitrogens with zero attached hydrogens (tertiary/aromatic N) is 1. The standard InChI is InChI=1S/C16H23NO7S2/c1-12-5-7-14(8-6-12)25(19,20)26(21,22)24-13-9-10-17(11-13)15(18)23-16(2,3)4/h5-8,13H,9-11H2,1-4H3/t13-/m0/s1. The molecular weight excluding hydrogens is 382 g/mol. The van der Waals surface area contributed by atoms with Gasteiger partial charge in [-0.1, -0.05) is 17.7 Å². The summed E-state index contributed by atoms with van der Waals surface area (Å²) in [6.45, 7) is 7.07. The second-order valence-electron chi connectivity index (χ2n) is 7.11. The van der Waals surface area contributed by atoms with E-state index in [0.717, 1.165) is 5.56 Å². The van der Waals surface area contributed by atoms with Crippen molar-refractivity contribution in [2.24, 2.45) is 0 Å². The quantitative estimate of drug-likeness (QED) is 0.706. The summed E-state index contributed by atoms with van der Waals surface area (Å²) in [6, 6.07) is 5.44. The van der Waals surface area contributed by atoms with E-state index in [1.54, 1.807) is 27.7 Å². The van der Waals surface area contributed by atoms with Gasteiger partial charge in [0.2, 0.25) is 0 Å². The Morgan fingerprint density at radius 1 is 1.12 bits per heavy atom. The molecule has 1 aliphatic heterocycles. The van der Waals surface area contributed by atoms with Gasteiger partial charge in [0, 0.05) is 6.54 Å². The molecule has 1 amide bonds. The number of benzene rings is 1. The second kappa shape index (κ2) is 7.16. The van der Waals surface area contributed by atoms with E-state index in [-0.39, 0.29) is 24.4 Å². The first-order chi connectivity index (χ1) is 11.8. The summed E-state index contributed by atoms with van der Waals surface area (Å²) in [5.74, 6) is 0. The molecule has 0 bridgehead atoms. The van der Waals surface area contributed by atoms with Crippen LogP contribution in [0.5, 0.6) is 0 Å². The molecule has 1 saturated heterocycles. The van der Waals surface area contributed by atoms with Crippen LogP contribution in [0.4, 0.5) is 4.79 Å². The maximum absolute atomic E-state index is 12.3. The van der Waals surface area contributed by atoms with Gasteiger partial charge in [-0.3, -0.25) is 4.18 Å². The van der Waals surface area contributed by atoms with Gasteiger partial charge in [-0.2, -0.15) is 8.42 Å². The van der Waals surface area contributed by atoms with Gasteiger partial charge in [0.25, 0.3) is 0 Å². The van der Waals surface area contributed by atoms with Gasteiger partial charge < -0.3 is 9.64 Å². The lowest BCUT2D eigenvalue weighted by Crippen LogP contribution is -2.36. The number of likely N-dealkylation sites (tertiary alicyclic amines) is 1. The average Bonchev–Trinajstić information content (AvgIpc) is 2.93. The van der Waals surface area contributed by atoms with E-state index in [1.165, 1.54) is 29.2 Å². The zero-order valence-electron chi connectivity index (χ0n) is 15.1. The molecule has 2 rings (SSSR count). The summed E-state index contributed by atoms with van der Waals surface area (Å²) in [4.78, 5) is 12.9. The highest BCUT2D eigenvalue weighted by Crippen LogP contribution is 2.24. The molecule has 26 heavy (non-hydrogen) atoms. The van der Waals surface area contributed by atoms with Crippen molar-refractivity contribution in [3.8, 4) is 0 Å². The highest BCUT2D eigenvalue weighted by Gasteiger charge is 2.39. The fourth-order valence-corrected chi connectivity index (χ4v) is 5.32. The topological polar surface area (TPSA) is 107 Å². The highest BCUT2D eigenvalue weighted by atomic mass is 33.2. The molecule has 0 N–H and O–H groups in total. The van der Waals surface area contributed by atoms with Crippen LogP contribution < -0.4 is 0 Å². The maximum atomic E-state index is 12.3. The molecule has 0 aromatic heterocycles. The molecule has 0 radical (unpaired) electrons. The molecule has 1 aromatic rings. The van der Waals surface area contributed by atoms with E-state index in [0.29, 0.717) is 0 Å². The lowest BCUT2D eigenvalue weighted by molar-refractivity contribution is 0.0277. The summed E-state index contributed by atoms with van der Waals surface area (Å²) in [6.07, 6.45) is -1.34. The van der Waals surface area contributed by atoms with Crippen molar-refractivity contribution >= 4 is 24.1 Å². The lowest BCUT2D eigenvalue weighted by atomic mass is 10.2. The molecule has 146 valence electrons. The molecule has 0 spiro atoms. The molecule has 0 saturated carbocycles. The fourth-order valence-electron chi connectivity index (χ4n) is 2.34. The number of hydrogen-bond donors (Lipinski definition) is 0. The molecule has 0 unspecified atom stereocenters. The zero-order valence-corrected chi connectivity index (χ0v) is 16.8. The summed E-state index contributed by atoms with van der Waals surface area (Å²) in [7, 11) is -9.59. The predicted molar refractivity (Wildman–Crippen MR) is 94.6 cm³/mol. The van der Waals surface area contributed by atoms with Crippen LogP contribution >= 0.6 is 0 Å². The monoisotopic (exact) mass is 405 g/mol. The second-order valence-corrected chi connectivity index (χ2v) is 12.0. The molecule has 1 atom stereocenters. The van der Waals surface area contributed by atoms with Gasteiger partial charge in [0.1, 0.15) is 5.60 Å². The summed E-state index contributed by atoms with van der Waals surface area (Å²) >= 11 is 0. The lowest BCUT2D eigenvalue weighted by Gasteiger charge is -2.24. The summed E-state index contributed by atoms with van der Waals surface area (Å²) < 4.78 is 59.3. The van der Waals surface area contributed by atoms with Crippen LogP contribution in [0.15, 0.2) is 29.2 Å². The van der Waals surface area contributed by atoms with E-state index in [2.05, 4.69) is 0 Å². The third-order valence-corrected chi connectivity index (χ3v) is 7.95. The van der Waals surface area contributed by atoms with E-state index < -0.39 is 35.8 Å². The van der Waals surface area contributed by atoms with Crippen molar-refractivity contribution in [2.45, 2.75) is 50.7 Å². The third-order valence-electron chi connectivity index (χ3n) is 3.63. The third kappa shape index (κ3) is 4.74. The van der Waals surface area contributed by atoms with Gasteiger partial charge in [-0.25, -0.2) is 13.2 Å². The van der Waals surface area contributed by atoms with Crippen LogP contribution in [0, 0.1) is 6.92 Å². The molecular formula is C16H23NO7S2. The number of carbonyl (C=O) groups is 1. The van der Waals surface area contributed by atoms with E-state index >= 15 is 0 Å². The SMILES string of the molecule is Cc1ccc(S(=O)(=O)S(=O)(=O)O[C@H]2CCN(C(=O)OC(C)(C)C)C2)cc1. The van der Waals surface area contributed by atoms with E-state index in [4.69, 9.17) is 8.92 Å². The first-order valence-electron chi connectivity index (χ1n) is 8.05. The van der Waals surface area contributed by atoms with E-state index in [1.807, 2.05) is 0 Å². The molecule has 1 aliphatic rings. The van der Waals surface area contributed by atoms with Crippen LogP contribution in [-0.2, 0) is 26.9 Å². The van der Waals surface area contributed by atoms with Crippen LogP contribution in [0.1, 0.15) is 32.8 Å². The summed E-state index contributed by atoms with van der Waals surface area (Å²) in [5, 5.41) is 0. The summed E-state index contributed by atoms with van der Waals surface area (Å²) in [5.41, 5.74) is 0.114.